The Morgan fingerprint density at radius 1 is 1.27 bits per heavy atom. The number of hydrogen-bond acceptors (Lipinski definition) is 6. The van der Waals surface area contributed by atoms with Crippen LogP contribution in [-0.4, -0.2) is 30.4 Å². The van der Waals surface area contributed by atoms with Crippen molar-refractivity contribution in [1.29, 1.82) is 0 Å². The molecule has 0 aliphatic heterocycles. The van der Waals surface area contributed by atoms with Crippen LogP contribution in [0.4, 0.5) is 0 Å². The van der Waals surface area contributed by atoms with Crippen LogP contribution in [0.2, 0.25) is 0 Å². The van der Waals surface area contributed by atoms with E-state index in [0.29, 0.717) is 17.0 Å². The van der Waals surface area contributed by atoms with Gasteiger partial charge in [-0.3, -0.25) is 0 Å². The van der Waals surface area contributed by atoms with Gasteiger partial charge in [-0.1, -0.05) is 0 Å². The third-order valence-electron chi connectivity index (χ3n) is 3.05. The van der Waals surface area contributed by atoms with Crippen molar-refractivity contribution in [3.05, 3.63) is 23.9 Å². The quantitative estimate of drug-likeness (QED) is 0.507. The molecule has 0 aliphatic carbocycles. The van der Waals surface area contributed by atoms with E-state index in [1.807, 2.05) is 13.0 Å². The molecule has 112 valence electrons. The molecule has 1 atom stereocenters. The van der Waals surface area contributed by atoms with Gasteiger partial charge < -0.3 is 19.4 Å². The predicted octanol–water partition coefficient (Wildman–Crippen LogP) is -1.21. The number of ether oxygens (including phenoxy) is 2. The smallest absolute Gasteiger partial charge is 0.549 e. The van der Waals surface area contributed by atoms with E-state index in [-0.39, 0.29) is 29.6 Å². The molecule has 0 aliphatic rings. The van der Waals surface area contributed by atoms with Crippen LogP contribution in [-0.2, 0) is 4.79 Å². The van der Waals surface area contributed by atoms with Crippen LogP contribution in [0.1, 0.15) is 12.6 Å². The van der Waals surface area contributed by atoms with Crippen molar-refractivity contribution in [1.82, 2.24) is 4.98 Å². The summed E-state index contributed by atoms with van der Waals surface area (Å²) in [6.07, 6.45) is 0. The summed E-state index contributed by atoms with van der Waals surface area (Å²) in [5.74, 6) is 0.147. The Kier molecular flexibility index (Phi) is 6.99. The minimum absolute atomic E-state index is 0. The summed E-state index contributed by atoms with van der Waals surface area (Å²) in [4.78, 5) is 16.3. The number of carbonyl (C=O) groups is 1. The minimum Gasteiger partial charge on any atom is -0.549 e. The topological polar surface area (TPSA) is 71.5 Å². The first-order chi connectivity index (χ1) is 9.97. The Balaban J connectivity index is 0.00000242. The SMILES string of the molecule is COc1ccc(OC)c2c(SC(C)C(=O)[O-])cc(C)nc12.[Na+]. The molecule has 1 heterocycles. The number of benzene rings is 1. The first kappa shape index (κ1) is 19.1. The van der Waals surface area contributed by atoms with Gasteiger partial charge in [0.1, 0.15) is 17.0 Å². The van der Waals surface area contributed by atoms with Gasteiger partial charge in [0.2, 0.25) is 0 Å². The fourth-order valence-electron chi connectivity index (χ4n) is 2.04. The third-order valence-corrected chi connectivity index (χ3v) is 4.17. The van der Waals surface area contributed by atoms with Crippen LogP contribution in [0.25, 0.3) is 10.9 Å². The average Bonchev–Trinajstić information content (AvgIpc) is 2.45. The van der Waals surface area contributed by atoms with Crippen molar-refractivity contribution in [2.75, 3.05) is 14.2 Å². The summed E-state index contributed by atoms with van der Waals surface area (Å²) < 4.78 is 10.7. The Morgan fingerprint density at radius 2 is 1.86 bits per heavy atom. The number of aromatic nitrogens is 1. The summed E-state index contributed by atoms with van der Waals surface area (Å²) in [6, 6.07) is 5.41. The van der Waals surface area contributed by atoms with Crippen LogP contribution in [0.5, 0.6) is 11.5 Å². The third kappa shape index (κ3) is 3.87. The average molecular weight is 329 g/mol. The molecule has 1 aromatic heterocycles. The van der Waals surface area contributed by atoms with Crippen LogP contribution in [0.3, 0.4) is 0 Å². The number of hydrogen-bond donors (Lipinski definition) is 0. The maximum absolute atomic E-state index is 11.0. The second-order valence-electron chi connectivity index (χ2n) is 4.53. The maximum atomic E-state index is 11.0. The molecule has 0 fully saturated rings. The van der Waals surface area contributed by atoms with Crippen molar-refractivity contribution in [2.24, 2.45) is 0 Å². The van der Waals surface area contributed by atoms with Gasteiger partial charge in [0, 0.05) is 15.8 Å². The zero-order valence-electron chi connectivity index (χ0n) is 13.3. The van der Waals surface area contributed by atoms with Gasteiger partial charge in [0.05, 0.1) is 25.6 Å². The van der Waals surface area contributed by atoms with E-state index in [1.54, 1.807) is 33.3 Å². The number of fused-ring (bicyclic) bond motifs is 1. The number of methoxy groups -OCH3 is 2. The number of carboxylic acid groups (broad SMARTS) is 1. The number of carboxylic acids is 1. The number of aryl methyl sites for hydroxylation is 1. The van der Waals surface area contributed by atoms with E-state index in [9.17, 15) is 9.90 Å². The van der Waals surface area contributed by atoms with Crippen LogP contribution in [0, 0.1) is 6.92 Å². The van der Waals surface area contributed by atoms with Crippen molar-refractivity contribution in [3.8, 4) is 11.5 Å². The zero-order valence-corrected chi connectivity index (χ0v) is 16.1. The molecular weight excluding hydrogens is 313 g/mol. The number of carbonyl (C=O) groups excluding carboxylic acids is 1. The van der Waals surface area contributed by atoms with Crippen molar-refractivity contribution < 1.29 is 48.9 Å². The fourth-order valence-corrected chi connectivity index (χ4v) is 3.07. The van der Waals surface area contributed by atoms with Crippen molar-refractivity contribution in [3.63, 3.8) is 0 Å². The van der Waals surface area contributed by atoms with Crippen molar-refractivity contribution >= 4 is 28.6 Å². The summed E-state index contributed by atoms with van der Waals surface area (Å²) in [5.41, 5.74) is 1.44. The Hall–Kier alpha value is -0.950. The molecule has 1 aromatic carbocycles. The molecule has 2 rings (SSSR count). The Bertz CT molecular complexity index is 693. The van der Waals surface area contributed by atoms with Crippen molar-refractivity contribution in [2.45, 2.75) is 24.0 Å². The van der Waals surface area contributed by atoms with E-state index in [1.165, 1.54) is 11.8 Å². The van der Waals surface area contributed by atoms with Gasteiger partial charge in [-0.25, -0.2) is 4.98 Å². The number of rotatable bonds is 5. The van der Waals surface area contributed by atoms with Gasteiger partial charge >= 0.3 is 29.6 Å². The number of pyridine rings is 1. The fraction of sp³-hybridized carbons (Fsp3) is 0.333. The van der Waals surface area contributed by atoms with E-state index < -0.39 is 11.2 Å². The number of thioether (sulfide) groups is 1. The summed E-state index contributed by atoms with van der Waals surface area (Å²) in [6.45, 7) is 3.44. The predicted molar refractivity (Wildman–Crippen MR) is 79.9 cm³/mol. The number of nitrogens with zero attached hydrogens (tertiary/aromatic N) is 1. The largest absolute Gasteiger partial charge is 1.00 e. The van der Waals surface area contributed by atoms with Gasteiger partial charge in [-0.15, -0.1) is 11.8 Å². The number of aliphatic carboxylic acids is 1. The Labute approximate surface area is 155 Å². The van der Waals surface area contributed by atoms with E-state index in [4.69, 9.17) is 9.47 Å². The molecule has 0 amide bonds. The summed E-state index contributed by atoms with van der Waals surface area (Å²) in [7, 11) is 3.14. The second-order valence-corrected chi connectivity index (χ2v) is 5.92. The standard InChI is InChI=1S/C15H17NO4S.Na/c1-8-7-12(21-9(2)15(17)18)13-10(19-3)5-6-11(20-4)14(13)16-8;/h5-7,9H,1-4H3,(H,17,18);/q;+1/p-1. The molecule has 0 spiro atoms. The van der Waals surface area contributed by atoms with E-state index >= 15 is 0 Å². The molecule has 7 heteroatoms. The Morgan fingerprint density at radius 3 is 2.41 bits per heavy atom. The van der Waals surface area contributed by atoms with Crippen LogP contribution < -0.4 is 44.1 Å². The molecule has 0 saturated carbocycles. The molecule has 0 saturated heterocycles. The summed E-state index contributed by atoms with van der Waals surface area (Å²) >= 11 is 1.21. The molecule has 0 N–H and O–H groups in total. The van der Waals surface area contributed by atoms with Crippen LogP contribution >= 0.6 is 11.8 Å². The molecule has 0 radical (unpaired) electrons. The molecule has 2 aromatic rings. The summed E-state index contributed by atoms with van der Waals surface area (Å²) in [5, 5.41) is 11.1. The monoisotopic (exact) mass is 329 g/mol. The molecule has 0 bridgehead atoms. The molecular formula is C15H16NNaO4S. The first-order valence-electron chi connectivity index (χ1n) is 6.37. The first-order valence-corrected chi connectivity index (χ1v) is 7.25. The molecule has 5 nitrogen and oxygen atoms in total. The zero-order chi connectivity index (χ0) is 15.6. The van der Waals surface area contributed by atoms with E-state index in [2.05, 4.69) is 4.98 Å². The van der Waals surface area contributed by atoms with Gasteiger partial charge in [-0.2, -0.15) is 0 Å². The van der Waals surface area contributed by atoms with Crippen LogP contribution in [0.15, 0.2) is 23.1 Å². The maximum Gasteiger partial charge on any atom is 1.00 e. The van der Waals surface area contributed by atoms with Gasteiger partial charge in [0.15, 0.2) is 0 Å². The second kappa shape index (κ2) is 8.06. The molecule has 1 unspecified atom stereocenters. The molecule has 22 heavy (non-hydrogen) atoms. The van der Waals surface area contributed by atoms with Gasteiger partial charge in [0.25, 0.3) is 0 Å². The van der Waals surface area contributed by atoms with E-state index in [0.717, 1.165) is 16.0 Å². The normalized spacial score (nSPS) is 11.6. The van der Waals surface area contributed by atoms with Gasteiger partial charge in [-0.05, 0) is 32.0 Å². The minimum atomic E-state index is -1.11.